The van der Waals surface area contributed by atoms with Crippen LogP contribution in [0.2, 0.25) is 0 Å². The molecule has 2 aromatic rings. The highest BCUT2D eigenvalue weighted by atomic mass is 19.4. The maximum Gasteiger partial charge on any atom is 0.434 e. The first-order valence-corrected chi connectivity index (χ1v) is 11.2. The van der Waals surface area contributed by atoms with Crippen molar-refractivity contribution in [2.24, 2.45) is 0 Å². The van der Waals surface area contributed by atoms with Crippen LogP contribution in [-0.2, 0) is 23.9 Å². The normalized spacial score (nSPS) is 22.1. The van der Waals surface area contributed by atoms with E-state index in [1.807, 2.05) is 12.1 Å². The van der Waals surface area contributed by atoms with Gasteiger partial charge >= 0.3 is 6.18 Å². The minimum absolute atomic E-state index is 0.0553. The van der Waals surface area contributed by atoms with Gasteiger partial charge in [-0.3, -0.25) is 9.59 Å². The van der Waals surface area contributed by atoms with Crippen LogP contribution in [0.3, 0.4) is 0 Å². The van der Waals surface area contributed by atoms with E-state index in [0.717, 1.165) is 11.8 Å². The van der Waals surface area contributed by atoms with Crippen molar-refractivity contribution in [3.8, 4) is 0 Å². The summed E-state index contributed by atoms with van der Waals surface area (Å²) in [6.45, 7) is 2.06. The maximum absolute atomic E-state index is 12.9. The summed E-state index contributed by atoms with van der Waals surface area (Å²) in [7, 11) is 0. The van der Waals surface area contributed by atoms with Gasteiger partial charge in [-0.2, -0.15) is 13.2 Å². The predicted molar refractivity (Wildman–Crippen MR) is 111 cm³/mol. The van der Waals surface area contributed by atoms with Gasteiger partial charge in [0.2, 0.25) is 0 Å². The molecule has 1 saturated carbocycles. The molecule has 1 saturated heterocycles. The van der Waals surface area contributed by atoms with Crippen molar-refractivity contribution in [2.75, 3.05) is 26.2 Å². The quantitative estimate of drug-likeness (QED) is 0.760. The van der Waals surface area contributed by atoms with E-state index in [4.69, 9.17) is 0 Å². The zero-order valence-corrected chi connectivity index (χ0v) is 18.0. The van der Waals surface area contributed by atoms with Crippen molar-refractivity contribution in [1.29, 1.82) is 0 Å². The molecule has 2 aliphatic heterocycles. The van der Waals surface area contributed by atoms with E-state index in [2.05, 4.69) is 4.98 Å². The summed E-state index contributed by atoms with van der Waals surface area (Å²) in [5.74, 6) is 0.153. The first-order valence-electron chi connectivity index (χ1n) is 11.2. The van der Waals surface area contributed by atoms with Crippen LogP contribution >= 0.6 is 0 Å². The van der Waals surface area contributed by atoms with Crippen LogP contribution in [0.5, 0.6) is 0 Å². The van der Waals surface area contributed by atoms with Crippen LogP contribution in [0.4, 0.5) is 13.2 Å². The van der Waals surface area contributed by atoms with Gasteiger partial charge in [-0.1, -0.05) is 12.1 Å². The lowest BCUT2D eigenvalue weighted by Gasteiger charge is -2.35. The second-order valence-electron chi connectivity index (χ2n) is 9.17. The predicted octanol–water partition coefficient (Wildman–Crippen LogP) is 2.44. The second kappa shape index (κ2) is 7.86. The molecule has 0 bridgehead atoms. The molecule has 33 heavy (non-hydrogen) atoms. The van der Waals surface area contributed by atoms with Gasteiger partial charge in [0.15, 0.2) is 5.69 Å². The number of nitrogens with zero attached hydrogens (tertiary/aromatic N) is 4. The Morgan fingerprint density at radius 1 is 1.03 bits per heavy atom. The van der Waals surface area contributed by atoms with E-state index in [9.17, 15) is 27.9 Å². The molecule has 2 fully saturated rings. The van der Waals surface area contributed by atoms with E-state index in [-0.39, 0.29) is 17.7 Å². The van der Waals surface area contributed by atoms with Crippen LogP contribution < -0.4 is 0 Å². The maximum atomic E-state index is 12.9. The first-order chi connectivity index (χ1) is 15.6. The van der Waals surface area contributed by atoms with Gasteiger partial charge < -0.3 is 19.5 Å². The molecular formula is C23H25F3N4O3. The van der Waals surface area contributed by atoms with E-state index >= 15 is 0 Å². The molecule has 1 aromatic heterocycles. The third kappa shape index (κ3) is 4.23. The number of piperazine rings is 1. The molecule has 5 rings (SSSR count). The van der Waals surface area contributed by atoms with Crippen LogP contribution in [0.15, 0.2) is 30.5 Å². The first kappa shape index (κ1) is 21.9. The highest BCUT2D eigenvalue weighted by Gasteiger charge is 2.50. The molecule has 1 aromatic carbocycles. The SMILES string of the molecule is O=C(c1ccc(C2CCc3nc(C(F)(F)F)cn3C2)cc1)N1CCN(C(=O)C2(O)CC2)CC1. The smallest absolute Gasteiger partial charge is 0.380 e. The number of aromatic nitrogens is 2. The molecular weight excluding hydrogens is 437 g/mol. The molecule has 1 unspecified atom stereocenters. The Morgan fingerprint density at radius 3 is 2.27 bits per heavy atom. The minimum Gasteiger partial charge on any atom is -0.380 e. The molecule has 7 nitrogen and oxygen atoms in total. The highest BCUT2D eigenvalue weighted by molar-refractivity contribution is 5.94. The lowest BCUT2D eigenvalue weighted by molar-refractivity contribution is -0.144. The van der Waals surface area contributed by atoms with Crippen molar-refractivity contribution in [3.05, 3.63) is 53.1 Å². The van der Waals surface area contributed by atoms with Gasteiger partial charge in [0.05, 0.1) is 0 Å². The summed E-state index contributed by atoms with van der Waals surface area (Å²) in [6, 6.07) is 7.25. The minimum atomic E-state index is -4.45. The summed E-state index contributed by atoms with van der Waals surface area (Å²) in [5.41, 5.74) is -0.523. The van der Waals surface area contributed by atoms with Crippen LogP contribution in [-0.4, -0.2) is 68.1 Å². The lowest BCUT2D eigenvalue weighted by Crippen LogP contribution is -2.53. The number of aryl methyl sites for hydroxylation is 1. The Hall–Kier alpha value is -2.88. The number of rotatable bonds is 3. The van der Waals surface area contributed by atoms with E-state index in [1.165, 1.54) is 0 Å². The summed E-state index contributed by atoms with van der Waals surface area (Å²) in [5, 5.41) is 10.0. The zero-order valence-electron chi connectivity index (χ0n) is 18.0. The molecule has 1 aliphatic carbocycles. The van der Waals surface area contributed by atoms with Gasteiger partial charge in [0.1, 0.15) is 11.4 Å². The number of alkyl halides is 3. The Kier molecular flexibility index (Phi) is 5.23. The average molecular weight is 462 g/mol. The summed E-state index contributed by atoms with van der Waals surface area (Å²) >= 11 is 0. The van der Waals surface area contributed by atoms with Crippen molar-refractivity contribution in [3.63, 3.8) is 0 Å². The van der Waals surface area contributed by atoms with Gasteiger partial charge in [-0.25, -0.2) is 4.98 Å². The van der Waals surface area contributed by atoms with Gasteiger partial charge in [-0.05, 0) is 37.0 Å². The Morgan fingerprint density at radius 2 is 1.67 bits per heavy atom. The Balaban J connectivity index is 1.20. The molecule has 3 heterocycles. The molecule has 1 N–H and O–H groups in total. The third-order valence-electron chi connectivity index (χ3n) is 6.89. The molecule has 3 aliphatic rings. The number of aliphatic hydroxyl groups is 1. The van der Waals surface area contributed by atoms with E-state index < -0.39 is 17.5 Å². The number of benzene rings is 1. The average Bonchev–Trinajstić information content (AvgIpc) is 3.40. The van der Waals surface area contributed by atoms with Crippen LogP contribution in [0.25, 0.3) is 0 Å². The van der Waals surface area contributed by atoms with Crippen molar-refractivity contribution < 1.29 is 27.9 Å². The topological polar surface area (TPSA) is 78.7 Å². The van der Waals surface area contributed by atoms with Gasteiger partial charge in [-0.15, -0.1) is 0 Å². The zero-order chi connectivity index (χ0) is 23.4. The highest BCUT2D eigenvalue weighted by Crippen LogP contribution is 2.37. The number of halogens is 3. The van der Waals surface area contributed by atoms with Crippen molar-refractivity contribution >= 4 is 11.8 Å². The third-order valence-corrected chi connectivity index (χ3v) is 6.89. The van der Waals surface area contributed by atoms with Gasteiger partial charge in [0.25, 0.3) is 11.8 Å². The standard InChI is InChI=1S/C23H25F3N4O3/c24-23(25,26)18-14-30-13-17(5-6-19(30)27-18)15-1-3-16(4-2-15)20(31)28-9-11-29(12-10-28)21(32)22(33)7-8-22/h1-4,14,17,33H,5-13H2. The number of imidazole rings is 1. The molecule has 1 atom stereocenters. The summed E-state index contributed by atoms with van der Waals surface area (Å²) in [6.07, 6.45) is -1.19. The van der Waals surface area contributed by atoms with E-state index in [0.29, 0.717) is 69.8 Å². The largest absolute Gasteiger partial charge is 0.434 e. The Labute approximate surface area is 188 Å². The molecule has 2 amide bonds. The Bertz CT molecular complexity index is 1070. The molecule has 10 heteroatoms. The number of hydrogen-bond acceptors (Lipinski definition) is 4. The number of carbonyl (C=O) groups excluding carboxylic acids is 2. The summed E-state index contributed by atoms with van der Waals surface area (Å²) < 4.78 is 40.4. The lowest BCUT2D eigenvalue weighted by atomic mass is 9.91. The number of hydrogen-bond donors (Lipinski definition) is 1. The second-order valence-corrected chi connectivity index (χ2v) is 9.17. The fraction of sp³-hybridized carbons (Fsp3) is 0.522. The molecule has 176 valence electrons. The summed E-state index contributed by atoms with van der Waals surface area (Å²) in [4.78, 5) is 32.2. The fourth-order valence-electron chi connectivity index (χ4n) is 4.67. The number of fused-ring (bicyclic) bond motifs is 1. The van der Waals surface area contributed by atoms with Crippen LogP contribution in [0, 0.1) is 0 Å². The van der Waals surface area contributed by atoms with Crippen molar-refractivity contribution in [1.82, 2.24) is 19.4 Å². The molecule has 0 radical (unpaired) electrons. The number of amides is 2. The van der Waals surface area contributed by atoms with Crippen molar-refractivity contribution in [2.45, 2.75) is 49.9 Å². The fourth-order valence-corrected chi connectivity index (χ4v) is 4.67. The van der Waals surface area contributed by atoms with Gasteiger partial charge in [0, 0.05) is 56.8 Å². The number of carbonyl (C=O) groups is 2. The monoisotopic (exact) mass is 462 g/mol. The van der Waals surface area contributed by atoms with E-state index in [1.54, 1.807) is 26.5 Å². The van der Waals surface area contributed by atoms with Crippen LogP contribution in [0.1, 0.15) is 52.6 Å². The molecule has 0 spiro atoms.